The molecule has 2 rings (SSSR count). The molecule has 112 valence electrons. The van der Waals surface area contributed by atoms with Crippen LogP contribution in [0.5, 0.6) is 0 Å². The summed E-state index contributed by atoms with van der Waals surface area (Å²) in [6.45, 7) is -1.65. The van der Waals surface area contributed by atoms with Crippen LogP contribution in [0, 0.1) is 0 Å². The van der Waals surface area contributed by atoms with Crippen molar-refractivity contribution >= 4 is 11.8 Å². The molecule has 0 bridgehead atoms. The second-order valence-electron chi connectivity index (χ2n) is 4.02. The van der Waals surface area contributed by atoms with Crippen LogP contribution in [0.25, 0.3) is 11.4 Å². The topological polar surface area (TPSA) is 81.9 Å². The molecular weight excluding hydrogens is 291 g/mol. The van der Waals surface area contributed by atoms with Gasteiger partial charge in [-0.15, -0.1) is 5.10 Å². The summed E-state index contributed by atoms with van der Waals surface area (Å²) >= 11 is 0. The Morgan fingerprint density at radius 2 is 2.19 bits per heavy atom. The lowest BCUT2D eigenvalue weighted by molar-refractivity contribution is -0.159. The number of carbonyl (C=O) groups excluding carboxylic acids is 1. The fraction of sp³-hybridized carbons (Fsp3) is 0.273. The number of benzene rings is 1. The zero-order valence-corrected chi connectivity index (χ0v) is 10.8. The Morgan fingerprint density at radius 3 is 2.81 bits per heavy atom. The first-order valence-electron chi connectivity index (χ1n) is 5.68. The van der Waals surface area contributed by atoms with Gasteiger partial charge in [-0.25, -0.2) is 9.48 Å². The summed E-state index contributed by atoms with van der Waals surface area (Å²) in [6.07, 6.45) is -5.76. The highest BCUT2D eigenvalue weighted by molar-refractivity contribution is 5.85. The Bertz CT molecular complexity index is 641. The maximum Gasteiger partial charge on any atom is 0.422 e. The van der Waals surface area contributed by atoms with Gasteiger partial charge >= 0.3 is 12.3 Å². The summed E-state index contributed by atoms with van der Waals surface area (Å²) < 4.78 is 41.2. The van der Waals surface area contributed by atoms with Crippen molar-refractivity contribution in [3.63, 3.8) is 0 Å². The highest BCUT2D eigenvalue weighted by Crippen LogP contribution is 2.20. The number of tetrazole rings is 1. The lowest BCUT2D eigenvalue weighted by atomic mass is 10.2. The van der Waals surface area contributed by atoms with Gasteiger partial charge < -0.3 is 4.74 Å². The van der Waals surface area contributed by atoms with Crippen LogP contribution in [0.3, 0.4) is 0 Å². The van der Waals surface area contributed by atoms with E-state index in [1.165, 1.54) is 16.8 Å². The fourth-order valence-electron chi connectivity index (χ4n) is 1.51. The van der Waals surface area contributed by atoms with E-state index in [1.54, 1.807) is 19.2 Å². The van der Waals surface area contributed by atoms with Crippen LogP contribution in [0.1, 0.15) is 0 Å². The first-order valence-corrected chi connectivity index (χ1v) is 5.68. The molecule has 1 aromatic heterocycles. The van der Waals surface area contributed by atoms with Crippen molar-refractivity contribution in [3.8, 4) is 11.4 Å². The van der Waals surface area contributed by atoms with Crippen molar-refractivity contribution in [1.29, 1.82) is 0 Å². The number of rotatable bonds is 3. The standard InChI is InChI=1S/C11H10F3N5O2/c1-19-9(16-17-18-19)7-3-2-4-8(5-7)15-10(20)21-6-11(12,13)14/h2-5H,6H2,1H3,(H,15,20). The molecule has 7 nitrogen and oxygen atoms in total. The fourth-order valence-corrected chi connectivity index (χ4v) is 1.51. The molecule has 1 aromatic carbocycles. The van der Waals surface area contributed by atoms with Crippen molar-refractivity contribution in [2.75, 3.05) is 11.9 Å². The van der Waals surface area contributed by atoms with Crippen LogP contribution in [0.2, 0.25) is 0 Å². The summed E-state index contributed by atoms with van der Waals surface area (Å²) in [5, 5.41) is 13.1. The Morgan fingerprint density at radius 1 is 1.43 bits per heavy atom. The van der Waals surface area contributed by atoms with E-state index in [4.69, 9.17) is 0 Å². The molecular formula is C11H10F3N5O2. The van der Waals surface area contributed by atoms with E-state index in [2.05, 4.69) is 25.6 Å². The van der Waals surface area contributed by atoms with Crippen LogP contribution in [-0.2, 0) is 11.8 Å². The SMILES string of the molecule is Cn1nnnc1-c1cccc(NC(=O)OCC(F)(F)F)c1. The van der Waals surface area contributed by atoms with Gasteiger partial charge in [0.25, 0.3) is 0 Å². The maximum atomic E-state index is 11.9. The average Bonchev–Trinajstić information content (AvgIpc) is 2.82. The number of hydrogen-bond donors (Lipinski definition) is 1. The van der Waals surface area contributed by atoms with Crippen LogP contribution >= 0.6 is 0 Å². The summed E-state index contributed by atoms with van der Waals surface area (Å²) in [6, 6.07) is 6.31. The van der Waals surface area contributed by atoms with Gasteiger partial charge in [0.15, 0.2) is 12.4 Å². The summed E-state index contributed by atoms with van der Waals surface area (Å²) in [7, 11) is 1.63. The number of ether oxygens (including phenoxy) is 1. The van der Waals surface area contributed by atoms with Crippen LogP contribution in [0.4, 0.5) is 23.7 Å². The summed E-state index contributed by atoms with van der Waals surface area (Å²) in [5.74, 6) is 0.447. The first-order chi connectivity index (χ1) is 9.85. The smallest absolute Gasteiger partial charge is 0.422 e. The number of carbonyl (C=O) groups is 1. The third kappa shape index (κ3) is 4.16. The van der Waals surface area contributed by atoms with Crippen molar-refractivity contribution in [1.82, 2.24) is 20.2 Å². The minimum absolute atomic E-state index is 0.266. The number of anilines is 1. The molecule has 0 aliphatic carbocycles. The van der Waals surface area contributed by atoms with Crippen molar-refractivity contribution in [2.24, 2.45) is 7.05 Å². The quantitative estimate of drug-likeness (QED) is 0.937. The van der Waals surface area contributed by atoms with E-state index in [0.717, 1.165) is 0 Å². The normalized spacial score (nSPS) is 11.2. The van der Waals surface area contributed by atoms with E-state index >= 15 is 0 Å². The molecule has 0 aliphatic rings. The van der Waals surface area contributed by atoms with Crippen molar-refractivity contribution in [2.45, 2.75) is 6.18 Å². The molecule has 1 amide bonds. The number of aromatic nitrogens is 4. The number of nitrogens with zero attached hydrogens (tertiary/aromatic N) is 4. The molecule has 0 unspecified atom stereocenters. The maximum absolute atomic E-state index is 11.9. The molecule has 0 fully saturated rings. The van der Waals surface area contributed by atoms with Gasteiger partial charge in [-0.05, 0) is 22.6 Å². The third-order valence-corrected chi connectivity index (χ3v) is 2.35. The van der Waals surface area contributed by atoms with E-state index in [-0.39, 0.29) is 5.69 Å². The molecule has 1 heterocycles. The molecule has 21 heavy (non-hydrogen) atoms. The highest BCUT2D eigenvalue weighted by atomic mass is 19.4. The van der Waals surface area contributed by atoms with E-state index < -0.39 is 18.9 Å². The number of aryl methyl sites for hydroxylation is 1. The summed E-state index contributed by atoms with van der Waals surface area (Å²) in [5.41, 5.74) is 0.860. The largest absolute Gasteiger partial charge is 0.440 e. The van der Waals surface area contributed by atoms with Gasteiger partial charge in [0.2, 0.25) is 0 Å². The predicted molar refractivity (Wildman–Crippen MR) is 65.3 cm³/mol. The van der Waals surface area contributed by atoms with Gasteiger partial charge in [0, 0.05) is 18.3 Å². The predicted octanol–water partition coefficient (Wildman–Crippen LogP) is 1.99. The Labute approximate surface area is 116 Å². The van der Waals surface area contributed by atoms with Gasteiger partial charge in [0.05, 0.1) is 0 Å². The lowest BCUT2D eigenvalue weighted by Gasteiger charge is -2.09. The van der Waals surface area contributed by atoms with Gasteiger partial charge in [-0.1, -0.05) is 12.1 Å². The number of nitrogens with one attached hydrogen (secondary N) is 1. The van der Waals surface area contributed by atoms with Gasteiger partial charge in [-0.3, -0.25) is 5.32 Å². The molecule has 0 saturated carbocycles. The molecule has 10 heteroatoms. The molecule has 0 spiro atoms. The van der Waals surface area contributed by atoms with Crippen molar-refractivity contribution < 1.29 is 22.7 Å². The Kier molecular flexibility index (Phi) is 4.05. The van der Waals surface area contributed by atoms with E-state index in [1.807, 2.05) is 0 Å². The monoisotopic (exact) mass is 301 g/mol. The van der Waals surface area contributed by atoms with Gasteiger partial charge in [-0.2, -0.15) is 13.2 Å². The molecule has 0 aliphatic heterocycles. The molecule has 0 saturated heterocycles. The third-order valence-electron chi connectivity index (χ3n) is 2.35. The minimum Gasteiger partial charge on any atom is -0.440 e. The number of amides is 1. The molecule has 0 radical (unpaired) electrons. The van der Waals surface area contributed by atoms with Crippen molar-refractivity contribution in [3.05, 3.63) is 24.3 Å². The first kappa shape index (κ1) is 14.8. The molecule has 2 aromatic rings. The molecule has 1 N–H and O–H groups in total. The second-order valence-corrected chi connectivity index (χ2v) is 4.02. The Balaban J connectivity index is 2.05. The van der Waals surface area contributed by atoms with Crippen LogP contribution in [0.15, 0.2) is 24.3 Å². The zero-order valence-electron chi connectivity index (χ0n) is 10.8. The number of alkyl halides is 3. The van der Waals surface area contributed by atoms with E-state index in [9.17, 15) is 18.0 Å². The lowest BCUT2D eigenvalue weighted by Crippen LogP contribution is -2.23. The van der Waals surface area contributed by atoms with E-state index in [0.29, 0.717) is 11.4 Å². The summed E-state index contributed by atoms with van der Waals surface area (Å²) in [4.78, 5) is 11.2. The Hall–Kier alpha value is -2.65. The molecule has 0 atom stereocenters. The van der Waals surface area contributed by atoms with Gasteiger partial charge in [0.1, 0.15) is 0 Å². The number of hydrogen-bond acceptors (Lipinski definition) is 5. The van der Waals surface area contributed by atoms with Crippen LogP contribution in [-0.4, -0.2) is 39.1 Å². The second kappa shape index (κ2) is 5.77. The minimum atomic E-state index is -4.57. The van der Waals surface area contributed by atoms with Crippen LogP contribution < -0.4 is 5.32 Å². The average molecular weight is 301 g/mol. The number of halogens is 3. The highest BCUT2D eigenvalue weighted by Gasteiger charge is 2.29. The zero-order chi connectivity index (χ0) is 15.5.